The molecule has 10 heteroatoms. The number of fused-ring (bicyclic) bond motifs is 1. The predicted octanol–water partition coefficient (Wildman–Crippen LogP) is 4.11. The lowest BCUT2D eigenvalue weighted by Gasteiger charge is -2.09. The van der Waals surface area contributed by atoms with Crippen LogP contribution in [0.3, 0.4) is 0 Å². The van der Waals surface area contributed by atoms with E-state index in [9.17, 15) is 14.4 Å². The molecule has 168 valence electrons. The van der Waals surface area contributed by atoms with Gasteiger partial charge in [0.05, 0.1) is 17.2 Å². The number of carboxylic acids is 1. The molecule has 1 aromatic carbocycles. The van der Waals surface area contributed by atoms with Crippen LogP contribution in [0.4, 0.5) is 4.39 Å². The standard InChI is InChI=1S/C23H20FN5O4/c1-12(2)32-22-14(9-25)8-15(10-26-22)23-27-21(28-33-23)16-5-6-17(24)19-13(4-7-18(30)31)11-29(3)20(16)19/h5-6,8,10-12H,4,7H2,1-3H3,(H,30,31). The molecule has 0 unspecified atom stereocenters. The maximum absolute atomic E-state index is 14.7. The number of pyridine rings is 1. The average Bonchev–Trinajstić information content (AvgIpc) is 3.38. The Morgan fingerprint density at radius 3 is 2.88 bits per heavy atom. The summed E-state index contributed by atoms with van der Waals surface area (Å²) in [5.74, 6) is -0.831. The van der Waals surface area contributed by atoms with Crippen LogP contribution in [-0.2, 0) is 18.3 Å². The van der Waals surface area contributed by atoms with E-state index in [2.05, 4.69) is 15.1 Å². The zero-order valence-corrected chi connectivity index (χ0v) is 18.2. The molecule has 0 atom stereocenters. The second kappa shape index (κ2) is 8.70. The van der Waals surface area contributed by atoms with Gasteiger partial charge in [0.15, 0.2) is 0 Å². The summed E-state index contributed by atoms with van der Waals surface area (Å²) in [6.07, 6.45) is 3.12. The molecule has 0 aliphatic heterocycles. The SMILES string of the molecule is CC(C)Oc1ncc(-c2nc(-c3ccc(F)c4c(CCC(=O)O)cn(C)c34)no2)cc1C#N. The van der Waals surface area contributed by atoms with E-state index in [0.717, 1.165) is 0 Å². The first-order chi connectivity index (χ1) is 15.8. The maximum Gasteiger partial charge on any atom is 0.303 e. The van der Waals surface area contributed by atoms with E-state index in [0.29, 0.717) is 27.6 Å². The van der Waals surface area contributed by atoms with E-state index in [4.69, 9.17) is 14.4 Å². The summed E-state index contributed by atoms with van der Waals surface area (Å²) in [5, 5.41) is 22.8. The van der Waals surface area contributed by atoms with E-state index < -0.39 is 11.8 Å². The van der Waals surface area contributed by atoms with Crippen LogP contribution in [-0.4, -0.2) is 36.9 Å². The molecule has 0 aliphatic carbocycles. The Morgan fingerprint density at radius 1 is 1.39 bits per heavy atom. The first-order valence-electron chi connectivity index (χ1n) is 10.2. The van der Waals surface area contributed by atoms with Crippen LogP contribution in [0.5, 0.6) is 5.88 Å². The summed E-state index contributed by atoms with van der Waals surface area (Å²) in [4.78, 5) is 19.6. The highest BCUT2D eigenvalue weighted by molar-refractivity contribution is 5.96. The minimum Gasteiger partial charge on any atom is -0.481 e. The molecule has 4 rings (SSSR count). The van der Waals surface area contributed by atoms with E-state index in [-0.39, 0.29) is 42.1 Å². The number of rotatable bonds is 7. The number of hydrogen-bond donors (Lipinski definition) is 1. The number of aromatic nitrogens is 4. The summed E-state index contributed by atoms with van der Waals surface area (Å²) < 4.78 is 27.3. The lowest BCUT2D eigenvalue weighted by molar-refractivity contribution is -0.136. The van der Waals surface area contributed by atoms with Gasteiger partial charge in [-0.25, -0.2) is 9.37 Å². The van der Waals surface area contributed by atoms with E-state index >= 15 is 0 Å². The predicted molar refractivity (Wildman–Crippen MR) is 116 cm³/mol. The number of nitriles is 1. The monoisotopic (exact) mass is 449 g/mol. The third-order valence-electron chi connectivity index (χ3n) is 4.99. The minimum absolute atomic E-state index is 0.111. The minimum atomic E-state index is -0.957. The summed E-state index contributed by atoms with van der Waals surface area (Å²) in [6, 6.07) is 6.44. The number of carbonyl (C=O) groups is 1. The van der Waals surface area contributed by atoms with Crippen LogP contribution in [0, 0.1) is 17.1 Å². The number of carboxylic acid groups (broad SMARTS) is 1. The van der Waals surface area contributed by atoms with E-state index in [1.165, 1.54) is 12.3 Å². The lowest BCUT2D eigenvalue weighted by Crippen LogP contribution is -2.08. The van der Waals surface area contributed by atoms with Gasteiger partial charge in [-0.15, -0.1) is 0 Å². The van der Waals surface area contributed by atoms with Crippen molar-refractivity contribution in [1.82, 2.24) is 19.7 Å². The summed E-state index contributed by atoms with van der Waals surface area (Å²) in [5.41, 5.74) is 2.31. The molecule has 1 N–H and O–H groups in total. The fraction of sp³-hybridized carbons (Fsp3) is 0.261. The van der Waals surface area contributed by atoms with Crippen molar-refractivity contribution in [2.75, 3.05) is 0 Å². The number of aliphatic carboxylic acids is 1. The highest BCUT2D eigenvalue weighted by Crippen LogP contribution is 2.34. The molecule has 3 aromatic heterocycles. The topological polar surface area (TPSA) is 127 Å². The van der Waals surface area contributed by atoms with Gasteiger partial charge in [0.25, 0.3) is 5.89 Å². The number of ether oxygens (including phenoxy) is 1. The van der Waals surface area contributed by atoms with E-state index in [1.54, 1.807) is 29.9 Å². The van der Waals surface area contributed by atoms with Gasteiger partial charge in [-0.3, -0.25) is 4.79 Å². The number of nitrogens with zero attached hydrogens (tertiary/aromatic N) is 5. The van der Waals surface area contributed by atoms with Gasteiger partial charge in [0.1, 0.15) is 17.4 Å². The van der Waals surface area contributed by atoms with Crippen molar-refractivity contribution in [2.45, 2.75) is 32.8 Å². The summed E-state index contributed by atoms with van der Waals surface area (Å²) in [6.45, 7) is 3.67. The number of aryl methyl sites for hydroxylation is 2. The Bertz CT molecular complexity index is 1400. The largest absolute Gasteiger partial charge is 0.481 e. The van der Waals surface area contributed by atoms with Crippen molar-refractivity contribution >= 4 is 16.9 Å². The Morgan fingerprint density at radius 2 is 2.18 bits per heavy atom. The zero-order valence-electron chi connectivity index (χ0n) is 18.2. The first kappa shape index (κ1) is 22.0. The van der Waals surface area contributed by atoms with Crippen LogP contribution >= 0.6 is 0 Å². The summed E-state index contributed by atoms with van der Waals surface area (Å²) in [7, 11) is 1.74. The third kappa shape index (κ3) is 4.25. The van der Waals surface area contributed by atoms with Crippen molar-refractivity contribution in [3.8, 4) is 34.8 Å². The molecule has 9 nitrogen and oxygen atoms in total. The second-order valence-electron chi connectivity index (χ2n) is 7.76. The number of hydrogen-bond acceptors (Lipinski definition) is 7. The molecular formula is C23H20FN5O4. The lowest BCUT2D eigenvalue weighted by atomic mass is 10.0. The summed E-state index contributed by atoms with van der Waals surface area (Å²) >= 11 is 0. The molecule has 0 radical (unpaired) electrons. The quantitative estimate of drug-likeness (QED) is 0.447. The van der Waals surface area contributed by atoms with Gasteiger partial charge in [-0.05, 0) is 44.0 Å². The van der Waals surface area contributed by atoms with Gasteiger partial charge < -0.3 is 18.9 Å². The maximum atomic E-state index is 14.7. The van der Waals surface area contributed by atoms with Gasteiger partial charge in [0.2, 0.25) is 11.7 Å². The number of benzene rings is 1. The second-order valence-corrected chi connectivity index (χ2v) is 7.76. The van der Waals surface area contributed by atoms with Gasteiger partial charge in [-0.1, -0.05) is 5.16 Å². The van der Waals surface area contributed by atoms with E-state index in [1.807, 2.05) is 19.9 Å². The molecule has 0 saturated heterocycles. The van der Waals surface area contributed by atoms with Crippen molar-refractivity contribution in [3.63, 3.8) is 0 Å². The van der Waals surface area contributed by atoms with Crippen LogP contribution < -0.4 is 4.74 Å². The Labute approximate surface area is 188 Å². The molecule has 4 aromatic rings. The van der Waals surface area contributed by atoms with Crippen LogP contribution in [0.25, 0.3) is 33.7 Å². The molecule has 0 spiro atoms. The molecule has 0 saturated carbocycles. The average molecular weight is 449 g/mol. The fourth-order valence-electron chi connectivity index (χ4n) is 3.63. The van der Waals surface area contributed by atoms with Crippen LogP contribution in [0.15, 0.2) is 35.1 Å². The molecule has 0 bridgehead atoms. The van der Waals surface area contributed by atoms with Gasteiger partial charge >= 0.3 is 5.97 Å². The first-order valence-corrected chi connectivity index (χ1v) is 10.2. The third-order valence-corrected chi connectivity index (χ3v) is 4.99. The van der Waals surface area contributed by atoms with Crippen molar-refractivity contribution < 1.29 is 23.6 Å². The molecule has 33 heavy (non-hydrogen) atoms. The van der Waals surface area contributed by atoms with Crippen LogP contribution in [0.1, 0.15) is 31.4 Å². The highest BCUT2D eigenvalue weighted by atomic mass is 19.1. The molecular weight excluding hydrogens is 429 g/mol. The molecule has 0 aliphatic rings. The van der Waals surface area contributed by atoms with Crippen molar-refractivity contribution in [2.24, 2.45) is 7.05 Å². The molecule has 0 amide bonds. The fourth-order valence-corrected chi connectivity index (χ4v) is 3.63. The Balaban J connectivity index is 1.75. The number of halogens is 1. The normalized spacial score (nSPS) is 11.2. The molecule has 0 fully saturated rings. The van der Waals surface area contributed by atoms with Crippen molar-refractivity contribution in [1.29, 1.82) is 5.26 Å². The smallest absolute Gasteiger partial charge is 0.303 e. The van der Waals surface area contributed by atoms with Crippen molar-refractivity contribution in [3.05, 3.63) is 47.5 Å². The zero-order chi connectivity index (χ0) is 23.7. The molecule has 3 heterocycles. The van der Waals surface area contributed by atoms with Gasteiger partial charge in [0, 0.05) is 36.8 Å². The Hall–Kier alpha value is -4.26. The highest BCUT2D eigenvalue weighted by Gasteiger charge is 2.21. The van der Waals surface area contributed by atoms with Crippen LogP contribution in [0.2, 0.25) is 0 Å². The Kier molecular flexibility index (Phi) is 5.79. The van der Waals surface area contributed by atoms with Gasteiger partial charge in [-0.2, -0.15) is 10.2 Å².